The molecule has 2 heterocycles. The highest BCUT2D eigenvalue weighted by atomic mass is 35.5. The minimum absolute atomic E-state index is 0. The van der Waals surface area contributed by atoms with Crippen molar-refractivity contribution in [2.24, 2.45) is 5.41 Å². The fourth-order valence-electron chi connectivity index (χ4n) is 2.90. The van der Waals surface area contributed by atoms with Gasteiger partial charge in [0.15, 0.2) is 5.78 Å². The summed E-state index contributed by atoms with van der Waals surface area (Å²) in [6, 6.07) is -0.252. The molecule has 1 N–H and O–H groups in total. The van der Waals surface area contributed by atoms with Crippen molar-refractivity contribution in [1.82, 2.24) is 10.2 Å². The van der Waals surface area contributed by atoms with Gasteiger partial charge in [0, 0.05) is 12.0 Å². The topological polar surface area (TPSA) is 49.4 Å². The van der Waals surface area contributed by atoms with E-state index in [-0.39, 0.29) is 41.6 Å². The third kappa shape index (κ3) is 3.48. The number of amides is 1. The van der Waals surface area contributed by atoms with E-state index < -0.39 is 0 Å². The van der Waals surface area contributed by atoms with Crippen molar-refractivity contribution in [2.75, 3.05) is 13.1 Å². The monoisotopic (exact) mass is 288 g/mol. The van der Waals surface area contributed by atoms with E-state index >= 15 is 0 Å². The first-order valence-electron chi connectivity index (χ1n) is 6.99. The number of likely N-dealkylation sites (tertiary alicyclic amines) is 1. The van der Waals surface area contributed by atoms with Crippen LogP contribution in [-0.4, -0.2) is 41.8 Å². The van der Waals surface area contributed by atoms with Gasteiger partial charge in [0.1, 0.15) is 0 Å². The zero-order valence-electron chi connectivity index (χ0n) is 12.1. The highest BCUT2D eigenvalue weighted by molar-refractivity contribution is 5.94. The number of nitrogens with zero attached hydrogens (tertiary/aromatic N) is 1. The van der Waals surface area contributed by atoms with Crippen LogP contribution in [0.3, 0.4) is 0 Å². The van der Waals surface area contributed by atoms with Gasteiger partial charge in [-0.2, -0.15) is 0 Å². The van der Waals surface area contributed by atoms with Gasteiger partial charge in [0.25, 0.3) is 0 Å². The molecule has 4 nitrogen and oxygen atoms in total. The Morgan fingerprint density at radius 2 is 1.84 bits per heavy atom. The van der Waals surface area contributed by atoms with Crippen LogP contribution in [-0.2, 0) is 9.59 Å². The standard InChI is InChI=1S/C14H24N2O2.ClH/c1-14(2,3)12(17)11-7-5-9-16(11)13(18)10-6-4-8-15-10;/h10-11,15H,4-9H2,1-3H3;1H. The average Bonchev–Trinajstić information content (AvgIpc) is 2.97. The Balaban J connectivity index is 0.00000180. The van der Waals surface area contributed by atoms with Crippen molar-refractivity contribution in [1.29, 1.82) is 0 Å². The SMILES string of the molecule is CC(C)(C)C(=O)C1CCCN1C(=O)C1CCCN1.Cl. The van der Waals surface area contributed by atoms with Crippen molar-refractivity contribution in [3.8, 4) is 0 Å². The highest BCUT2D eigenvalue weighted by Gasteiger charge is 2.40. The van der Waals surface area contributed by atoms with Crippen LogP contribution in [0.2, 0.25) is 0 Å². The molecule has 0 radical (unpaired) electrons. The van der Waals surface area contributed by atoms with Gasteiger partial charge in [0.2, 0.25) is 5.91 Å². The highest BCUT2D eigenvalue weighted by Crippen LogP contribution is 2.27. The van der Waals surface area contributed by atoms with Gasteiger partial charge < -0.3 is 10.2 Å². The summed E-state index contributed by atoms with van der Waals surface area (Å²) in [5.74, 6) is 0.332. The lowest BCUT2D eigenvalue weighted by molar-refractivity contribution is -0.141. The third-order valence-corrected chi connectivity index (χ3v) is 3.94. The first-order valence-corrected chi connectivity index (χ1v) is 6.99. The van der Waals surface area contributed by atoms with Gasteiger partial charge >= 0.3 is 0 Å². The zero-order valence-corrected chi connectivity index (χ0v) is 12.9. The van der Waals surface area contributed by atoms with Crippen LogP contribution in [0, 0.1) is 5.41 Å². The molecular formula is C14H25ClN2O2. The average molecular weight is 289 g/mol. The summed E-state index contributed by atoms with van der Waals surface area (Å²) in [5.41, 5.74) is -0.364. The van der Waals surface area contributed by atoms with E-state index in [0.29, 0.717) is 0 Å². The van der Waals surface area contributed by atoms with Crippen LogP contribution in [0.4, 0.5) is 0 Å². The molecule has 2 saturated heterocycles. The Kier molecular flexibility index (Phi) is 5.39. The maximum Gasteiger partial charge on any atom is 0.240 e. The van der Waals surface area contributed by atoms with Crippen LogP contribution < -0.4 is 5.32 Å². The number of hydrogen-bond donors (Lipinski definition) is 1. The Bertz CT molecular complexity index is 346. The smallest absolute Gasteiger partial charge is 0.240 e. The van der Waals surface area contributed by atoms with Crippen LogP contribution in [0.15, 0.2) is 0 Å². The maximum absolute atomic E-state index is 12.4. The van der Waals surface area contributed by atoms with Gasteiger partial charge in [-0.3, -0.25) is 9.59 Å². The predicted octanol–water partition coefficient (Wildman–Crippen LogP) is 1.77. The van der Waals surface area contributed by atoms with Crippen molar-refractivity contribution in [3.63, 3.8) is 0 Å². The molecule has 19 heavy (non-hydrogen) atoms. The predicted molar refractivity (Wildman–Crippen MR) is 77.5 cm³/mol. The molecule has 2 fully saturated rings. The molecule has 0 saturated carbocycles. The number of rotatable bonds is 2. The lowest BCUT2D eigenvalue weighted by Crippen LogP contribution is -2.50. The summed E-state index contributed by atoms with van der Waals surface area (Å²) in [5, 5.41) is 3.23. The number of halogens is 1. The van der Waals surface area contributed by atoms with E-state index in [4.69, 9.17) is 0 Å². The van der Waals surface area contributed by atoms with E-state index in [2.05, 4.69) is 5.32 Å². The Morgan fingerprint density at radius 1 is 1.16 bits per heavy atom. The largest absolute Gasteiger partial charge is 0.331 e. The Morgan fingerprint density at radius 3 is 2.37 bits per heavy atom. The van der Waals surface area contributed by atoms with Crippen molar-refractivity contribution < 1.29 is 9.59 Å². The first-order chi connectivity index (χ1) is 8.41. The van der Waals surface area contributed by atoms with E-state index in [9.17, 15) is 9.59 Å². The summed E-state index contributed by atoms with van der Waals surface area (Å²) in [6.45, 7) is 7.46. The molecule has 0 spiro atoms. The van der Waals surface area contributed by atoms with Gasteiger partial charge in [-0.25, -0.2) is 0 Å². The third-order valence-electron chi connectivity index (χ3n) is 3.94. The van der Waals surface area contributed by atoms with Crippen molar-refractivity contribution in [3.05, 3.63) is 0 Å². The number of ketones is 1. The molecule has 0 aromatic rings. The molecular weight excluding hydrogens is 264 g/mol. The van der Waals surface area contributed by atoms with Crippen molar-refractivity contribution in [2.45, 2.75) is 58.5 Å². The van der Waals surface area contributed by atoms with E-state index in [1.54, 1.807) is 0 Å². The molecule has 2 aliphatic heterocycles. The van der Waals surface area contributed by atoms with Crippen molar-refractivity contribution >= 4 is 24.1 Å². The second kappa shape index (κ2) is 6.23. The van der Waals surface area contributed by atoms with Crippen LogP contribution in [0.25, 0.3) is 0 Å². The summed E-state index contributed by atoms with van der Waals surface area (Å²) in [6.07, 6.45) is 3.74. The summed E-state index contributed by atoms with van der Waals surface area (Å²) < 4.78 is 0. The van der Waals surface area contributed by atoms with E-state index in [1.807, 2.05) is 25.7 Å². The van der Waals surface area contributed by atoms with Gasteiger partial charge in [-0.1, -0.05) is 20.8 Å². The van der Waals surface area contributed by atoms with Gasteiger partial charge in [-0.15, -0.1) is 12.4 Å². The molecule has 2 atom stereocenters. The van der Waals surface area contributed by atoms with Crippen LogP contribution in [0.1, 0.15) is 46.5 Å². The number of Topliss-reactive ketones (excluding diaryl/α,β-unsaturated/α-hetero) is 1. The summed E-state index contributed by atoms with van der Waals surface area (Å²) in [4.78, 5) is 26.6. The molecule has 110 valence electrons. The fraction of sp³-hybridized carbons (Fsp3) is 0.857. The van der Waals surface area contributed by atoms with E-state index in [0.717, 1.165) is 38.8 Å². The number of carbonyl (C=O) groups excluding carboxylic acids is 2. The molecule has 2 unspecified atom stereocenters. The second-order valence-corrected chi connectivity index (χ2v) is 6.45. The summed E-state index contributed by atoms with van der Waals surface area (Å²) in [7, 11) is 0. The molecule has 1 amide bonds. The molecule has 0 aliphatic carbocycles. The normalized spacial score (nSPS) is 27.2. The maximum atomic E-state index is 12.4. The minimum Gasteiger partial charge on any atom is -0.331 e. The minimum atomic E-state index is -0.364. The Labute approximate surface area is 121 Å². The first kappa shape index (κ1) is 16.4. The second-order valence-electron chi connectivity index (χ2n) is 6.45. The molecule has 0 aromatic heterocycles. The number of nitrogens with one attached hydrogen (secondary N) is 1. The van der Waals surface area contributed by atoms with E-state index in [1.165, 1.54) is 0 Å². The van der Waals surface area contributed by atoms with Crippen LogP contribution >= 0.6 is 12.4 Å². The lowest BCUT2D eigenvalue weighted by atomic mass is 9.85. The zero-order chi connectivity index (χ0) is 13.3. The Hall–Kier alpha value is -0.610. The summed E-state index contributed by atoms with van der Waals surface area (Å²) >= 11 is 0. The van der Waals surface area contributed by atoms with Crippen LogP contribution in [0.5, 0.6) is 0 Å². The molecule has 2 rings (SSSR count). The quantitative estimate of drug-likeness (QED) is 0.842. The number of carbonyl (C=O) groups is 2. The van der Waals surface area contributed by atoms with Gasteiger partial charge in [-0.05, 0) is 32.2 Å². The lowest BCUT2D eigenvalue weighted by Gasteiger charge is -2.30. The fourth-order valence-corrected chi connectivity index (χ4v) is 2.90. The molecule has 5 heteroatoms. The molecule has 0 aromatic carbocycles. The molecule has 0 bridgehead atoms. The van der Waals surface area contributed by atoms with Gasteiger partial charge in [0.05, 0.1) is 12.1 Å². The molecule has 2 aliphatic rings. The number of hydrogen-bond acceptors (Lipinski definition) is 3.